The molecule has 3 rings (SSSR count). The third-order valence-electron chi connectivity index (χ3n) is 3.39. The Kier molecular flexibility index (Phi) is 4.76. The van der Waals surface area contributed by atoms with Gasteiger partial charge >= 0.3 is 0 Å². The molecule has 0 unspecified atom stereocenters. The molecule has 0 spiro atoms. The third kappa shape index (κ3) is 4.28. The maximum absolute atomic E-state index is 12.9. The van der Waals surface area contributed by atoms with Gasteiger partial charge in [0.15, 0.2) is 9.84 Å². The molecule has 26 heavy (non-hydrogen) atoms. The Hall–Kier alpha value is -3.14. The molecule has 10 heteroatoms. The van der Waals surface area contributed by atoms with E-state index >= 15 is 0 Å². The van der Waals surface area contributed by atoms with Gasteiger partial charge in [0.2, 0.25) is 11.7 Å². The lowest BCUT2D eigenvalue weighted by molar-refractivity contribution is -0.117. The molecule has 1 amide bonds. The minimum absolute atomic E-state index is 0.104. The van der Waals surface area contributed by atoms with Crippen molar-refractivity contribution in [1.29, 1.82) is 0 Å². The summed E-state index contributed by atoms with van der Waals surface area (Å²) in [6.07, 6.45) is 1.09. The van der Waals surface area contributed by atoms with E-state index in [1.807, 2.05) is 0 Å². The maximum Gasteiger partial charge on any atom is 0.248 e. The standard InChI is InChI=1S/C16H14FN5O3S/c1-26(24,25)14-4-2-3-13(9-14)18-15(23)10-22-20-16(19-21-22)11-5-7-12(17)8-6-11/h2-9H,10H2,1H3,(H,18,23). The highest BCUT2D eigenvalue weighted by atomic mass is 32.2. The molecule has 0 radical (unpaired) electrons. The minimum atomic E-state index is -3.37. The van der Waals surface area contributed by atoms with Gasteiger partial charge in [0.25, 0.3) is 0 Å². The third-order valence-corrected chi connectivity index (χ3v) is 4.50. The Morgan fingerprint density at radius 3 is 2.62 bits per heavy atom. The fourth-order valence-corrected chi connectivity index (χ4v) is 2.82. The minimum Gasteiger partial charge on any atom is -0.324 e. The van der Waals surface area contributed by atoms with Gasteiger partial charge in [-0.25, -0.2) is 12.8 Å². The van der Waals surface area contributed by atoms with Crippen LogP contribution in [0.15, 0.2) is 53.4 Å². The predicted molar refractivity (Wildman–Crippen MR) is 91.4 cm³/mol. The molecule has 0 bridgehead atoms. The highest BCUT2D eigenvalue weighted by Crippen LogP contribution is 2.16. The first kappa shape index (κ1) is 17.7. The molecular formula is C16H14FN5O3S. The summed E-state index contributed by atoms with van der Waals surface area (Å²) in [5.41, 5.74) is 0.913. The Morgan fingerprint density at radius 2 is 1.92 bits per heavy atom. The predicted octanol–water partition coefficient (Wildman–Crippen LogP) is 1.52. The van der Waals surface area contributed by atoms with Gasteiger partial charge in [-0.2, -0.15) is 4.80 Å². The molecule has 0 fully saturated rings. The summed E-state index contributed by atoms with van der Waals surface area (Å²) < 4.78 is 36.0. The van der Waals surface area contributed by atoms with Crippen LogP contribution >= 0.6 is 0 Å². The number of tetrazole rings is 1. The van der Waals surface area contributed by atoms with Gasteiger partial charge in [0, 0.05) is 17.5 Å². The van der Waals surface area contributed by atoms with Gasteiger partial charge in [0.05, 0.1) is 4.90 Å². The van der Waals surface area contributed by atoms with Crippen LogP contribution in [0.25, 0.3) is 11.4 Å². The summed E-state index contributed by atoms with van der Waals surface area (Å²) in [4.78, 5) is 13.3. The molecule has 1 heterocycles. The molecule has 8 nitrogen and oxygen atoms in total. The molecule has 0 saturated heterocycles. The van der Waals surface area contributed by atoms with Crippen molar-refractivity contribution in [2.75, 3.05) is 11.6 Å². The summed E-state index contributed by atoms with van der Waals surface area (Å²) in [6, 6.07) is 11.5. The van der Waals surface area contributed by atoms with Crippen LogP contribution in [0.3, 0.4) is 0 Å². The van der Waals surface area contributed by atoms with Crippen LogP contribution in [-0.4, -0.2) is 40.8 Å². The van der Waals surface area contributed by atoms with Crippen molar-refractivity contribution in [3.05, 3.63) is 54.3 Å². The average molecular weight is 375 g/mol. The van der Waals surface area contributed by atoms with Crippen molar-refractivity contribution in [2.45, 2.75) is 11.4 Å². The van der Waals surface area contributed by atoms with E-state index in [0.717, 1.165) is 11.1 Å². The second kappa shape index (κ2) is 7.00. The normalized spacial score (nSPS) is 11.3. The molecule has 1 N–H and O–H groups in total. The number of carbonyl (C=O) groups is 1. The first-order valence-electron chi connectivity index (χ1n) is 7.45. The number of halogens is 1. The van der Waals surface area contributed by atoms with Crippen molar-refractivity contribution in [3.63, 3.8) is 0 Å². The Labute approximate surface area is 148 Å². The number of nitrogens with one attached hydrogen (secondary N) is 1. The Bertz CT molecular complexity index is 1050. The van der Waals surface area contributed by atoms with E-state index in [0.29, 0.717) is 11.3 Å². The molecule has 3 aromatic rings. The summed E-state index contributed by atoms with van der Waals surface area (Å²) in [6.45, 7) is -0.211. The van der Waals surface area contributed by atoms with Crippen LogP contribution in [-0.2, 0) is 21.2 Å². The number of amides is 1. The quantitative estimate of drug-likeness (QED) is 0.725. The van der Waals surface area contributed by atoms with E-state index in [2.05, 4.69) is 20.7 Å². The van der Waals surface area contributed by atoms with Gasteiger partial charge in [-0.05, 0) is 47.7 Å². The molecule has 0 saturated carbocycles. The number of benzene rings is 2. The number of sulfone groups is 1. The van der Waals surface area contributed by atoms with Gasteiger partial charge in [0.1, 0.15) is 12.4 Å². The zero-order valence-corrected chi connectivity index (χ0v) is 14.4. The topological polar surface area (TPSA) is 107 Å². The average Bonchev–Trinajstić information content (AvgIpc) is 3.03. The second-order valence-corrected chi connectivity index (χ2v) is 7.51. The molecule has 1 aromatic heterocycles. The summed E-state index contributed by atoms with van der Waals surface area (Å²) >= 11 is 0. The summed E-state index contributed by atoms with van der Waals surface area (Å²) in [5.74, 6) is -0.563. The van der Waals surface area contributed by atoms with E-state index in [4.69, 9.17) is 0 Å². The fourth-order valence-electron chi connectivity index (χ4n) is 2.16. The number of aromatic nitrogens is 4. The first-order valence-corrected chi connectivity index (χ1v) is 9.34. The molecule has 0 aliphatic heterocycles. The van der Waals surface area contributed by atoms with Gasteiger partial charge in [-0.15, -0.1) is 10.2 Å². The molecule has 0 atom stereocenters. The first-order chi connectivity index (χ1) is 12.3. The Morgan fingerprint density at radius 1 is 1.19 bits per heavy atom. The van der Waals surface area contributed by atoms with E-state index in [9.17, 15) is 17.6 Å². The summed E-state index contributed by atoms with van der Waals surface area (Å²) in [5, 5.41) is 14.2. The zero-order valence-electron chi connectivity index (χ0n) is 13.6. The van der Waals surface area contributed by atoms with E-state index in [-0.39, 0.29) is 23.1 Å². The van der Waals surface area contributed by atoms with Crippen molar-refractivity contribution >= 4 is 21.4 Å². The number of anilines is 1. The van der Waals surface area contributed by atoms with Crippen LogP contribution in [0.2, 0.25) is 0 Å². The smallest absolute Gasteiger partial charge is 0.248 e. The highest BCUT2D eigenvalue weighted by molar-refractivity contribution is 7.90. The number of nitrogens with zero attached hydrogens (tertiary/aromatic N) is 4. The van der Waals surface area contributed by atoms with Crippen molar-refractivity contribution in [1.82, 2.24) is 20.2 Å². The number of carbonyl (C=O) groups excluding carboxylic acids is 1. The lowest BCUT2D eigenvalue weighted by Gasteiger charge is -2.06. The SMILES string of the molecule is CS(=O)(=O)c1cccc(NC(=O)Cn2nnc(-c3ccc(F)cc3)n2)c1. The van der Waals surface area contributed by atoms with Gasteiger partial charge < -0.3 is 5.32 Å². The fraction of sp³-hybridized carbons (Fsp3) is 0.125. The van der Waals surface area contributed by atoms with Crippen LogP contribution < -0.4 is 5.32 Å². The van der Waals surface area contributed by atoms with Gasteiger partial charge in [-0.1, -0.05) is 6.07 Å². The van der Waals surface area contributed by atoms with Crippen molar-refractivity contribution in [3.8, 4) is 11.4 Å². The summed E-state index contributed by atoms with van der Waals surface area (Å²) in [7, 11) is -3.37. The maximum atomic E-state index is 12.9. The van der Waals surface area contributed by atoms with Gasteiger partial charge in [-0.3, -0.25) is 4.79 Å². The largest absolute Gasteiger partial charge is 0.324 e. The van der Waals surface area contributed by atoms with E-state index in [1.54, 1.807) is 6.07 Å². The second-order valence-electron chi connectivity index (χ2n) is 5.50. The highest BCUT2D eigenvalue weighted by Gasteiger charge is 2.12. The zero-order chi connectivity index (χ0) is 18.7. The van der Waals surface area contributed by atoms with Crippen molar-refractivity contribution < 1.29 is 17.6 Å². The van der Waals surface area contributed by atoms with Crippen LogP contribution in [0.1, 0.15) is 0 Å². The molecular weight excluding hydrogens is 361 g/mol. The lowest BCUT2D eigenvalue weighted by Crippen LogP contribution is -2.20. The monoisotopic (exact) mass is 375 g/mol. The number of rotatable bonds is 5. The molecule has 134 valence electrons. The van der Waals surface area contributed by atoms with Crippen LogP contribution in [0, 0.1) is 5.82 Å². The molecule has 0 aliphatic carbocycles. The number of hydrogen-bond donors (Lipinski definition) is 1. The van der Waals surface area contributed by atoms with Crippen LogP contribution in [0.5, 0.6) is 0 Å². The molecule has 2 aromatic carbocycles. The lowest BCUT2D eigenvalue weighted by atomic mass is 10.2. The number of hydrogen-bond acceptors (Lipinski definition) is 6. The van der Waals surface area contributed by atoms with Crippen LogP contribution in [0.4, 0.5) is 10.1 Å². The Balaban J connectivity index is 1.68. The van der Waals surface area contributed by atoms with E-state index in [1.165, 1.54) is 42.5 Å². The molecule has 0 aliphatic rings. The van der Waals surface area contributed by atoms with Crippen molar-refractivity contribution in [2.24, 2.45) is 0 Å². The van der Waals surface area contributed by atoms with E-state index < -0.39 is 15.7 Å².